The van der Waals surface area contributed by atoms with E-state index in [4.69, 9.17) is 9.47 Å². The van der Waals surface area contributed by atoms with Gasteiger partial charge in [-0.2, -0.15) is 0 Å². The smallest absolute Gasteiger partial charge is 0.228 e. The molecule has 1 amide bonds. The molecule has 2 aliphatic heterocycles. The minimum Gasteiger partial charge on any atom is -0.497 e. The number of rotatable bonds is 2. The van der Waals surface area contributed by atoms with Gasteiger partial charge in [-0.15, -0.1) is 12.4 Å². The molecule has 2 aliphatic rings. The first-order chi connectivity index (χ1) is 11.3. The second-order valence-electron chi connectivity index (χ2n) is 7.60. The van der Waals surface area contributed by atoms with Gasteiger partial charge in [-0.3, -0.25) is 9.69 Å². The number of carbonyl (C=O) groups is 1. The zero-order chi connectivity index (χ0) is 17.5. The average Bonchev–Trinajstić information content (AvgIpc) is 2.52. The van der Waals surface area contributed by atoms with Gasteiger partial charge in [-0.25, -0.2) is 0 Å². The predicted molar refractivity (Wildman–Crippen MR) is 102 cm³/mol. The number of benzene rings is 1. The normalized spacial score (nSPS) is 22.5. The van der Waals surface area contributed by atoms with Crippen molar-refractivity contribution in [2.45, 2.75) is 32.4 Å². The van der Waals surface area contributed by atoms with Crippen LogP contribution in [-0.2, 0) is 4.79 Å². The zero-order valence-electron chi connectivity index (χ0n) is 15.5. The van der Waals surface area contributed by atoms with Crippen LogP contribution in [-0.4, -0.2) is 49.7 Å². The topological polar surface area (TPSA) is 50.8 Å². The number of likely N-dealkylation sites (N-methyl/N-ethyl adjacent to an activating group) is 1. The molecule has 1 aromatic rings. The number of halogens is 1. The van der Waals surface area contributed by atoms with Crippen LogP contribution in [0.5, 0.6) is 11.5 Å². The number of carbonyl (C=O) groups excluding carboxylic acids is 1. The third-order valence-electron chi connectivity index (χ3n) is 4.49. The summed E-state index contributed by atoms with van der Waals surface area (Å²) in [5.74, 6) is 1.54. The highest BCUT2D eigenvalue weighted by Gasteiger charge is 2.36. The number of nitrogens with zero attached hydrogens (tertiary/aromatic N) is 1. The van der Waals surface area contributed by atoms with Gasteiger partial charge < -0.3 is 14.8 Å². The Morgan fingerprint density at radius 3 is 2.72 bits per heavy atom. The average molecular weight is 367 g/mol. The van der Waals surface area contributed by atoms with Crippen molar-refractivity contribution in [2.24, 2.45) is 5.92 Å². The summed E-state index contributed by atoms with van der Waals surface area (Å²) in [7, 11) is 3.70. The molecule has 0 aliphatic carbocycles. The lowest BCUT2D eigenvalue weighted by Crippen LogP contribution is -2.51. The van der Waals surface area contributed by atoms with E-state index >= 15 is 0 Å². The Morgan fingerprint density at radius 1 is 1.36 bits per heavy atom. The number of nitrogens with one attached hydrogen (secondary N) is 1. The maximum atomic E-state index is 12.6. The molecule has 0 spiro atoms. The van der Waals surface area contributed by atoms with Gasteiger partial charge in [-0.1, -0.05) is 6.08 Å². The molecule has 5 nitrogen and oxygen atoms in total. The minimum atomic E-state index is -0.234. The number of ether oxygens (including phenoxy) is 2. The van der Waals surface area contributed by atoms with Gasteiger partial charge in [0.25, 0.3) is 0 Å². The molecule has 0 bridgehead atoms. The summed E-state index contributed by atoms with van der Waals surface area (Å²) < 4.78 is 11.3. The van der Waals surface area contributed by atoms with E-state index in [1.807, 2.05) is 46.0 Å². The summed E-state index contributed by atoms with van der Waals surface area (Å²) in [5.41, 5.74) is 1.94. The van der Waals surface area contributed by atoms with Crippen LogP contribution in [0.2, 0.25) is 0 Å². The highest BCUT2D eigenvalue weighted by molar-refractivity contribution is 5.87. The first-order valence-corrected chi connectivity index (χ1v) is 8.33. The van der Waals surface area contributed by atoms with E-state index in [2.05, 4.69) is 16.3 Å². The summed E-state index contributed by atoms with van der Waals surface area (Å²) >= 11 is 0. The van der Waals surface area contributed by atoms with Gasteiger partial charge in [0.15, 0.2) is 0 Å². The van der Waals surface area contributed by atoms with Gasteiger partial charge in [0, 0.05) is 17.6 Å². The second kappa shape index (κ2) is 7.26. The van der Waals surface area contributed by atoms with Crippen molar-refractivity contribution >= 4 is 23.9 Å². The van der Waals surface area contributed by atoms with Crippen LogP contribution in [0.3, 0.4) is 0 Å². The van der Waals surface area contributed by atoms with Crippen molar-refractivity contribution in [1.29, 1.82) is 0 Å². The van der Waals surface area contributed by atoms with Crippen molar-refractivity contribution in [3.05, 3.63) is 29.8 Å². The number of hydrogen-bond donors (Lipinski definition) is 1. The molecule has 2 heterocycles. The Balaban J connectivity index is 0.00000225. The molecule has 0 fully saturated rings. The molecule has 2 atom stereocenters. The lowest BCUT2D eigenvalue weighted by Gasteiger charge is -2.40. The number of amides is 1. The van der Waals surface area contributed by atoms with Gasteiger partial charge in [0.1, 0.15) is 18.1 Å². The fourth-order valence-corrected chi connectivity index (χ4v) is 3.32. The molecule has 1 aromatic carbocycles. The lowest BCUT2D eigenvalue weighted by molar-refractivity contribution is -0.125. The van der Waals surface area contributed by atoms with E-state index in [0.717, 1.165) is 22.6 Å². The van der Waals surface area contributed by atoms with Crippen LogP contribution >= 0.6 is 12.4 Å². The van der Waals surface area contributed by atoms with Crippen molar-refractivity contribution in [1.82, 2.24) is 10.2 Å². The van der Waals surface area contributed by atoms with Crippen LogP contribution in [0.15, 0.2) is 24.3 Å². The number of hydrogen-bond acceptors (Lipinski definition) is 4. The predicted octanol–water partition coefficient (Wildman–Crippen LogP) is 2.74. The number of methoxy groups -OCH3 is 1. The van der Waals surface area contributed by atoms with Crippen molar-refractivity contribution < 1.29 is 14.3 Å². The molecule has 6 heteroatoms. The minimum absolute atomic E-state index is 0. The first-order valence-electron chi connectivity index (χ1n) is 8.33. The van der Waals surface area contributed by atoms with E-state index in [9.17, 15) is 4.79 Å². The maximum absolute atomic E-state index is 12.6. The molecule has 0 unspecified atom stereocenters. The molecular formula is C19H27ClN2O3. The number of fused-ring (bicyclic) bond motifs is 3. The first kappa shape index (κ1) is 19.6. The van der Waals surface area contributed by atoms with Crippen molar-refractivity contribution in [3.63, 3.8) is 0 Å². The Bertz CT molecular complexity index is 682. The largest absolute Gasteiger partial charge is 0.497 e. The monoisotopic (exact) mass is 366 g/mol. The Kier molecular flexibility index (Phi) is 5.69. The Hall–Kier alpha value is -1.72. The maximum Gasteiger partial charge on any atom is 0.228 e. The van der Waals surface area contributed by atoms with Crippen LogP contribution in [0.1, 0.15) is 26.3 Å². The van der Waals surface area contributed by atoms with Gasteiger partial charge in [-0.05, 0) is 51.6 Å². The van der Waals surface area contributed by atoms with Crippen molar-refractivity contribution in [3.8, 4) is 11.5 Å². The zero-order valence-corrected chi connectivity index (χ0v) is 16.3. The lowest BCUT2D eigenvalue weighted by atomic mass is 9.86. The molecule has 3 rings (SSSR count). The third-order valence-corrected chi connectivity index (χ3v) is 4.49. The Labute approximate surface area is 155 Å². The molecule has 1 N–H and O–H groups in total. The van der Waals surface area contributed by atoms with Crippen molar-refractivity contribution in [2.75, 3.05) is 27.3 Å². The van der Waals surface area contributed by atoms with Gasteiger partial charge in [0.2, 0.25) is 5.91 Å². The summed E-state index contributed by atoms with van der Waals surface area (Å²) in [6.45, 7) is 7.31. The molecule has 0 saturated heterocycles. The van der Waals surface area contributed by atoms with Gasteiger partial charge >= 0.3 is 0 Å². The summed E-state index contributed by atoms with van der Waals surface area (Å²) in [5, 5.41) is 3.09. The van der Waals surface area contributed by atoms with E-state index in [1.54, 1.807) is 7.11 Å². The second-order valence-corrected chi connectivity index (χ2v) is 7.60. The molecular weight excluding hydrogens is 340 g/mol. The third kappa shape index (κ3) is 4.10. The summed E-state index contributed by atoms with van der Waals surface area (Å²) in [4.78, 5) is 14.8. The fourth-order valence-electron chi connectivity index (χ4n) is 3.32. The quantitative estimate of drug-likeness (QED) is 0.874. The highest BCUT2D eigenvalue weighted by atomic mass is 35.5. The van der Waals surface area contributed by atoms with Crippen LogP contribution in [0, 0.1) is 5.92 Å². The summed E-state index contributed by atoms with van der Waals surface area (Å²) in [6, 6.07) is 5.99. The Morgan fingerprint density at radius 2 is 2.08 bits per heavy atom. The van der Waals surface area contributed by atoms with E-state index in [0.29, 0.717) is 13.2 Å². The van der Waals surface area contributed by atoms with Crippen LogP contribution in [0.4, 0.5) is 0 Å². The molecule has 0 saturated carbocycles. The van der Waals surface area contributed by atoms with E-state index < -0.39 is 0 Å². The molecule has 138 valence electrons. The van der Waals surface area contributed by atoms with E-state index in [1.165, 1.54) is 0 Å². The van der Waals surface area contributed by atoms with Crippen LogP contribution < -0.4 is 14.8 Å². The molecule has 0 aromatic heterocycles. The SMILES string of the molecule is COc1ccc2c(c1)C1=C[C@H](C(=O)NC(C)(C)C)CN(C)[C@H]1CO2.Cl. The molecule has 0 radical (unpaired) electrons. The molecule has 25 heavy (non-hydrogen) atoms. The van der Waals surface area contributed by atoms with Crippen LogP contribution in [0.25, 0.3) is 5.57 Å². The summed E-state index contributed by atoms with van der Waals surface area (Å²) in [6.07, 6.45) is 2.10. The van der Waals surface area contributed by atoms with Gasteiger partial charge in [0.05, 0.1) is 19.1 Å². The highest BCUT2D eigenvalue weighted by Crippen LogP contribution is 2.40. The van der Waals surface area contributed by atoms with E-state index in [-0.39, 0.29) is 35.8 Å². The standard InChI is InChI=1S/C19H26N2O3.ClH/c1-19(2,3)20-18(22)12-8-14-15-9-13(23-5)6-7-17(15)24-11-16(14)21(4)10-12;/h6-9,12,16H,10-11H2,1-5H3,(H,20,22);1H/t12-,16-;/m0./s1. The fraction of sp³-hybridized carbons (Fsp3) is 0.526.